The number of halogens is 3. The molecule has 3 rings (SSSR count). The molecule has 178 valence electrons. The van der Waals surface area contributed by atoms with Gasteiger partial charge in [-0.1, -0.05) is 48.0 Å². The number of benzene rings is 1. The summed E-state index contributed by atoms with van der Waals surface area (Å²) >= 11 is 14.3. The first-order valence-corrected chi connectivity index (χ1v) is 12.3. The summed E-state index contributed by atoms with van der Waals surface area (Å²) < 4.78 is 20.3. The van der Waals surface area contributed by atoms with Crippen molar-refractivity contribution in [1.82, 2.24) is 4.98 Å². The van der Waals surface area contributed by atoms with Crippen LogP contribution in [-0.4, -0.2) is 48.0 Å². The Morgan fingerprint density at radius 2 is 1.97 bits per heavy atom. The molecule has 1 aromatic carbocycles. The Bertz CT molecular complexity index is 1060. The van der Waals surface area contributed by atoms with E-state index in [4.69, 9.17) is 33.0 Å². The minimum Gasteiger partial charge on any atom is -0.490 e. The van der Waals surface area contributed by atoms with E-state index in [1.54, 1.807) is 0 Å². The predicted molar refractivity (Wildman–Crippen MR) is 138 cm³/mol. The average molecular weight is 512 g/mol. The molecule has 1 unspecified atom stereocenters. The van der Waals surface area contributed by atoms with Gasteiger partial charge < -0.3 is 14.7 Å². The molecule has 5 nitrogen and oxygen atoms in total. The molecule has 9 heteroatoms. The standard InChI is InChI=1S/C24H28Cl2FN3O2S/c1-14(2)30(4)23-9-16(8-22(26)29-23)21-6-5-7-28-24(33-21)17-10-19(27)20(11-18(17)25)32-13-15(3)12-31/h6,8-11,14-15,31H,5,7,12-13H2,1-4H3. The van der Waals surface area contributed by atoms with Crippen LogP contribution in [0.5, 0.6) is 5.75 Å². The Labute approximate surface area is 208 Å². The number of thioether (sulfide) groups is 1. The maximum Gasteiger partial charge on any atom is 0.165 e. The summed E-state index contributed by atoms with van der Waals surface area (Å²) in [6.45, 7) is 6.70. The Morgan fingerprint density at radius 1 is 1.21 bits per heavy atom. The molecule has 33 heavy (non-hydrogen) atoms. The van der Waals surface area contributed by atoms with Crippen LogP contribution in [0, 0.1) is 11.7 Å². The number of hydrogen-bond acceptors (Lipinski definition) is 6. The third-order valence-corrected chi connectivity index (χ3v) is 6.88. The maximum atomic E-state index is 14.8. The molecular formula is C24H28Cl2FN3O2S. The summed E-state index contributed by atoms with van der Waals surface area (Å²) in [6.07, 6.45) is 2.84. The molecule has 2 heterocycles. The van der Waals surface area contributed by atoms with E-state index in [-0.39, 0.29) is 30.9 Å². The average Bonchev–Trinajstić information content (AvgIpc) is 3.04. The number of aliphatic hydroxyl groups excluding tert-OH is 1. The molecule has 1 aliphatic rings. The van der Waals surface area contributed by atoms with Gasteiger partial charge in [-0.15, -0.1) is 0 Å². The van der Waals surface area contributed by atoms with Gasteiger partial charge in [-0.25, -0.2) is 9.37 Å². The molecule has 0 aliphatic carbocycles. The maximum absolute atomic E-state index is 14.8. The zero-order valence-corrected chi connectivity index (χ0v) is 21.4. The normalized spacial score (nSPS) is 15.1. The first-order chi connectivity index (χ1) is 15.7. The smallest absolute Gasteiger partial charge is 0.165 e. The van der Waals surface area contributed by atoms with Crippen LogP contribution in [0.4, 0.5) is 10.2 Å². The van der Waals surface area contributed by atoms with Crippen LogP contribution in [-0.2, 0) is 0 Å². The molecule has 1 aliphatic heterocycles. The van der Waals surface area contributed by atoms with Gasteiger partial charge in [0.1, 0.15) is 16.0 Å². The zero-order chi connectivity index (χ0) is 24.1. The van der Waals surface area contributed by atoms with Crippen LogP contribution in [0.2, 0.25) is 10.2 Å². The number of anilines is 1. The van der Waals surface area contributed by atoms with Crippen molar-refractivity contribution in [3.63, 3.8) is 0 Å². The summed E-state index contributed by atoms with van der Waals surface area (Å²) in [7, 11) is 1.97. The molecule has 1 aromatic heterocycles. The van der Waals surface area contributed by atoms with Crippen LogP contribution in [0.3, 0.4) is 0 Å². The predicted octanol–water partition coefficient (Wildman–Crippen LogP) is 6.30. The largest absolute Gasteiger partial charge is 0.490 e. The van der Waals surface area contributed by atoms with Crippen LogP contribution < -0.4 is 9.64 Å². The molecule has 1 N–H and O–H groups in total. The Morgan fingerprint density at radius 3 is 2.67 bits per heavy atom. The number of aromatic nitrogens is 1. The third-order valence-electron chi connectivity index (χ3n) is 5.21. The molecule has 0 saturated heterocycles. The lowest BCUT2D eigenvalue weighted by molar-refractivity contribution is 0.171. The van der Waals surface area contributed by atoms with Gasteiger partial charge >= 0.3 is 0 Å². The summed E-state index contributed by atoms with van der Waals surface area (Å²) in [5.74, 6) is 0.204. The fourth-order valence-electron chi connectivity index (χ4n) is 3.02. The minimum atomic E-state index is -0.523. The van der Waals surface area contributed by atoms with Gasteiger partial charge in [-0.05, 0) is 44.0 Å². The highest BCUT2D eigenvalue weighted by Gasteiger charge is 2.20. The molecule has 0 amide bonds. The van der Waals surface area contributed by atoms with Crippen molar-refractivity contribution in [2.75, 3.05) is 31.7 Å². The SMILES string of the molecule is CC(CO)COc1cc(Cl)c(C2=NCCC=C(c3cc(Cl)nc(N(C)C(C)C)c3)S2)cc1F. The van der Waals surface area contributed by atoms with Crippen molar-refractivity contribution >= 4 is 50.7 Å². The van der Waals surface area contributed by atoms with Gasteiger partial charge in [0.2, 0.25) is 0 Å². The molecule has 0 spiro atoms. The second-order valence-corrected chi connectivity index (χ2v) is 10.1. The monoisotopic (exact) mass is 511 g/mol. The lowest BCUT2D eigenvalue weighted by Gasteiger charge is -2.23. The van der Waals surface area contributed by atoms with Crippen molar-refractivity contribution in [3.05, 3.63) is 57.5 Å². The molecule has 0 radical (unpaired) electrons. The van der Waals surface area contributed by atoms with E-state index >= 15 is 0 Å². The van der Waals surface area contributed by atoms with Gasteiger partial charge in [0, 0.05) is 48.7 Å². The quantitative estimate of drug-likeness (QED) is 0.421. The van der Waals surface area contributed by atoms with Gasteiger partial charge in [-0.2, -0.15) is 0 Å². The highest BCUT2D eigenvalue weighted by molar-refractivity contribution is 8.22. The van der Waals surface area contributed by atoms with E-state index < -0.39 is 5.82 Å². The van der Waals surface area contributed by atoms with Gasteiger partial charge in [0.25, 0.3) is 0 Å². The summed E-state index contributed by atoms with van der Waals surface area (Å²) in [5, 5.41) is 10.5. The number of aliphatic imine (C=N–C) groups is 1. The Kier molecular flexibility index (Phi) is 9.04. The van der Waals surface area contributed by atoms with Gasteiger partial charge in [-0.3, -0.25) is 4.99 Å². The fraction of sp³-hybridized carbons (Fsp3) is 0.417. The Hall–Kier alpha value is -1.80. The molecule has 2 aromatic rings. The number of aliphatic hydroxyl groups is 1. The number of rotatable bonds is 8. The minimum absolute atomic E-state index is 0.0380. The summed E-state index contributed by atoms with van der Waals surface area (Å²) in [6, 6.07) is 6.90. The first kappa shape index (κ1) is 25.8. The van der Waals surface area contributed by atoms with Crippen molar-refractivity contribution in [1.29, 1.82) is 0 Å². The topological polar surface area (TPSA) is 58.0 Å². The first-order valence-electron chi connectivity index (χ1n) is 10.8. The van der Waals surface area contributed by atoms with Crippen LogP contribution in [0.1, 0.15) is 38.3 Å². The van der Waals surface area contributed by atoms with E-state index in [2.05, 4.69) is 34.8 Å². The van der Waals surface area contributed by atoms with Crippen LogP contribution in [0.15, 0.2) is 35.3 Å². The van der Waals surface area contributed by atoms with Crippen molar-refractivity contribution in [3.8, 4) is 5.75 Å². The van der Waals surface area contributed by atoms with Crippen molar-refractivity contribution in [2.24, 2.45) is 10.9 Å². The molecule has 1 atom stereocenters. The number of ether oxygens (including phenoxy) is 1. The zero-order valence-electron chi connectivity index (χ0n) is 19.1. The molecule has 0 fully saturated rings. The lowest BCUT2D eigenvalue weighted by atomic mass is 10.2. The number of nitrogens with zero attached hydrogens (tertiary/aromatic N) is 3. The molecule has 0 saturated carbocycles. The van der Waals surface area contributed by atoms with E-state index in [0.717, 1.165) is 22.7 Å². The molecule has 0 bridgehead atoms. The summed E-state index contributed by atoms with van der Waals surface area (Å²) in [4.78, 5) is 12.1. The highest BCUT2D eigenvalue weighted by Crippen LogP contribution is 2.38. The van der Waals surface area contributed by atoms with Gasteiger partial charge in [0.15, 0.2) is 11.6 Å². The number of pyridine rings is 1. The third kappa shape index (κ3) is 6.63. The van der Waals surface area contributed by atoms with Gasteiger partial charge in [0.05, 0.1) is 11.6 Å². The Balaban J connectivity index is 1.88. The van der Waals surface area contributed by atoms with E-state index in [1.165, 1.54) is 23.9 Å². The van der Waals surface area contributed by atoms with Crippen molar-refractivity contribution in [2.45, 2.75) is 33.2 Å². The van der Waals surface area contributed by atoms with E-state index in [1.807, 2.05) is 26.1 Å². The van der Waals surface area contributed by atoms with Crippen LogP contribution in [0.25, 0.3) is 4.91 Å². The second-order valence-electron chi connectivity index (χ2n) is 8.25. The fourth-order valence-corrected chi connectivity index (χ4v) is 4.60. The van der Waals surface area contributed by atoms with E-state index in [0.29, 0.717) is 27.3 Å². The number of hydrogen-bond donors (Lipinski definition) is 1. The van der Waals surface area contributed by atoms with E-state index in [9.17, 15) is 4.39 Å². The van der Waals surface area contributed by atoms with Crippen LogP contribution >= 0.6 is 35.0 Å². The second kappa shape index (κ2) is 11.6. The van der Waals surface area contributed by atoms with Crippen molar-refractivity contribution < 1.29 is 14.2 Å². The highest BCUT2D eigenvalue weighted by atomic mass is 35.5. The summed E-state index contributed by atoms with van der Waals surface area (Å²) in [5.41, 5.74) is 1.43. The molecular weight excluding hydrogens is 484 g/mol. The lowest BCUT2D eigenvalue weighted by Crippen LogP contribution is -2.26.